The number of carbonyl (C=O) groups excluding carboxylic acids is 1. The van der Waals surface area contributed by atoms with Crippen LogP contribution in [-0.4, -0.2) is 11.6 Å². The molecular weight excluding hydrogens is 188 g/mol. The Morgan fingerprint density at radius 3 is 2.40 bits per heavy atom. The van der Waals surface area contributed by atoms with Crippen molar-refractivity contribution < 1.29 is 9.53 Å². The molecule has 0 unspecified atom stereocenters. The molecule has 0 aliphatic heterocycles. The topological polar surface area (TPSA) is 26.3 Å². The standard InChI is InChI=1S/C13H22O2/c1-4-8-13(9-6-5-7-10-13)15-12(14)11(2)3/h2,4-10H2,1,3H3. The van der Waals surface area contributed by atoms with E-state index in [1.54, 1.807) is 6.92 Å². The van der Waals surface area contributed by atoms with E-state index >= 15 is 0 Å². The van der Waals surface area contributed by atoms with Gasteiger partial charge in [-0.2, -0.15) is 0 Å². The third-order valence-electron chi connectivity index (χ3n) is 3.13. The second-order valence-electron chi connectivity index (χ2n) is 4.66. The van der Waals surface area contributed by atoms with Crippen molar-refractivity contribution in [3.05, 3.63) is 12.2 Å². The summed E-state index contributed by atoms with van der Waals surface area (Å²) in [5.74, 6) is -0.217. The van der Waals surface area contributed by atoms with E-state index in [1.807, 2.05) is 0 Å². The third-order valence-corrected chi connectivity index (χ3v) is 3.13. The van der Waals surface area contributed by atoms with Gasteiger partial charge in [0.1, 0.15) is 5.60 Å². The highest BCUT2D eigenvalue weighted by molar-refractivity contribution is 5.87. The molecule has 0 aromatic carbocycles. The molecule has 0 radical (unpaired) electrons. The Morgan fingerprint density at radius 1 is 1.33 bits per heavy atom. The SMILES string of the molecule is C=C(C)C(=O)OC1(CCC)CCCCC1. The van der Waals surface area contributed by atoms with Gasteiger partial charge in [0.2, 0.25) is 0 Å². The highest BCUT2D eigenvalue weighted by atomic mass is 16.6. The van der Waals surface area contributed by atoms with Gasteiger partial charge in [-0.1, -0.05) is 26.3 Å². The first kappa shape index (κ1) is 12.3. The molecule has 1 aliphatic rings. The summed E-state index contributed by atoms with van der Waals surface area (Å²) in [6.45, 7) is 7.49. The molecule has 86 valence electrons. The van der Waals surface area contributed by atoms with Gasteiger partial charge in [-0.3, -0.25) is 0 Å². The van der Waals surface area contributed by atoms with Gasteiger partial charge in [0.15, 0.2) is 0 Å². The number of hydrogen-bond acceptors (Lipinski definition) is 2. The summed E-state index contributed by atoms with van der Waals surface area (Å²) in [5, 5.41) is 0. The first-order valence-electron chi connectivity index (χ1n) is 5.98. The van der Waals surface area contributed by atoms with Crippen molar-refractivity contribution in [1.82, 2.24) is 0 Å². The van der Waals surface area contributed by atoms with E-state index in [-0.39, 0.29) is 11.6 Å². The van der Waals surface area contributed by atoms with E-state index in [2.05, 4.69) is 13.5 Å². The summed E-state index contributed by atoms with van der Waals surface area (Å²) in [4.78, 5) is 11.6. The molecule has 1 saturated carbocycles. The highest BCUT2D eigenvalue weighted by Gasteiger charge is 2.34. The lowest BCUT2D eigenvalue weighted by molar-refractivity contribution is -0.159. The Hall–Kier alpha value is -0.790. The molecule has 0 saturated heterocycles. The summed E-state index contributed by atoms with van der Waals surface area (Å²) in [6.07, 6.45) is 7.76. The fourth-order valence-corrected chi connectivity index (χ4v) is 2.34. The van der Waals surface area contributed by atoms with E-state index in [0.717, 1.165) is 25.7 Å². The fourth-order valence-electron chi connectivity index (χ4n) is 2.34. The van der Waals surface area contributed by atoms with Crippen LogP contribution in [0, 0.1) is 0 Å². The molecule has 2 heteroatoms. The lowest BCUT2D eigenvalue weighted by Gasteiger charge is -2.36. The van der Waals surface area contributed by atoms with Crippen molar-refractivity contribution in [1.29, 1.82) is 0 Å². The Kier molecular flexibility index (Phi) is 4.37. The van der Waals surface area contributed by atoms with Crippen molar-refractivity contribution in [2.45, 2.75) is 64.4 Å². The predicted octanol–water partition coefficient (Wildman–Crippen LogP) is 3.61. The zero-order valence-corrected chi connectivity index (χ0v) is 9.97. The average Bonchev–Trinajstić information content (AvgIpc) is 2.19. The second-order valence-corrected chi connectivity index (χ2v) is 4.66. The molecule has 2 nitrogen and oxygen atoms in total. The maximum atomic E-state index is 11.6. The predicted molar refractivity (Wildman–Crippen MR) is 61.6 cm³/mol. The van der Waals surface area contributed by atoms with Gasteiger partial charge >= 0.3 is 5.97 Å². The molecule has 1 aliphatic carbocycles. The number of ether oxygens (including phenoxy) is 1. The highest BCUT2D eigenvalue weighted by Crippen LogP contribution is 2.35. The van der Waals surface area contributed by atoms with Crippen molar-refractivity contribution in [3.63, 3.8) is 0 Å². The summed E-state index contributed by atoms with van der Waals surface area (Å²) in [6, 6.07) is 0. The molecule has 15 heavy (non-hydrogen) atoms. The maximum Gasteiger partial charge on any atom is 0.333 e. The largest absolute Gasteiger partial charge is 0.456 e. The van der Waals surface area contributed by atoms with E-state index in [9.17, 15) is 4.79 Å². The Balaban J connectivity index is 2.63. The van der Waals surface area contributed by atoms with Crippen LogP contribution in [0.15, 0.2) is 12.2 Å². The van der Waals surface area contributed by atoms with Gasteiger partial charge in [0, 0.05) is 5.57 Å². The minimum atomic E-state index is -0.217. The molecule has 0 heterocycles. The van der Waals surface area contributed by atoms with Crippen LogP contribution in [0.1, 0.15) is 58.8 Å². The molecule has 1 rings (SSSR count). The lowest BCUT2D eigenvalue weighted by Crippen LogP contribution is -2.37. The van der Waals surface area contributed by atoms with Crippen molar-refractivity contribution in [3.8, 4) is 0 Å². The van der Waals surface area contributed by atoms with Crippen LogP contribution in [0.5, 0.6) is 0 Å². The van der Waals surface area contributed by atoms with Crippen LogP contribution in [0.25, 0.3) is 0 Å². The second kappa shape index (κ2) is 5.34. The molecule has 0 aromatic heterocycles. The van der Waals surface area contributed by atoms with Crippen LogP contribution in [0.3, 0.4) is 0 Å². The zero-order chi connectivity index (χ0) is 11.3. The molecule has 0 atom stereocenters. The van der Waals surface area contributed by atoms with Gasteiger partial charge in [0.05, 0.1) is 0 Å². The third kappa shape index (κ3) is 3.37. The van der Waals surface area contributed by atoms with E-state index in [4.69, 9.17) is 4.74 Å². The number of carbonyl (C=O) groups is 1. The van der Waals surface area contributed by atoms with Crippen LogP contribution in [0.4, 0.5) is 0 Å². The van der Waals surface area contributed by atoms with Crippen molar-refractivity contribution in [2.75, 3.05) is 0 Å². The minimum absolute atomic E-state index is 0.178. The van der Waals surface area contributed by atoms with Gasteiger partial charge < -0.3 is 4.74 Å². The lowest BCUT2D eigenvalue weighted by atomic mass is 9.81. The molecule has 1 fully saturated rings. The Labute approximate surface area is 92.7 Å². The first-order valence-corrected chi connectivity index (χ1v) is 5.98. The smallest absolute Gasteiger partial charge is 0.333 e. The van der Waals surface area contributed by atoms with Crippen LogP contribution >= 0.6 is 0 Å². The molecule has 0 bridgehead atoms. The molecule has 0 spiro atoms. The summed E-state index contributed by atoms with van der Waals surface area (Å²) >= 11 is 0. The Bertz CT molecular complexity index is 231. The van der Waals surface area contributed by atoms with E-state index < -0.39 is 0 Å². The van der Waals surface area contributed by atoms with Gasteiger partial charge in [-0.15, -0.1) is 0 Å². The monoisotopic (exact) mass is 210 g/mol. The maximum absolute atomic E-state index is 11.6. The van der Waals surface area contributed by atoms with Gasteiger partial charge in [0.25, 0.3) is 0 Å². The average molecular weight is 210 g/mol. The van der Waals surface area contributed by atoms with E-state index in [0.29, 0.717) is 5.57 Å². The van der Waals surface area contributed by atoms with Gasteiger partial charge in [-0.05, 0) is 39.0 Å². The fraction of sp³-hybridized carbons (Fsp3) is 0.769. The Morgan fingerprint density at radius 2 is 1.93 bits per heavy atom. The quantitative estimate of drug-likeness (QED) is 0.523. The molecular formula is C13H22O2. The molecule has 0 amide bonds. The van der Waals surface area contributed by atoms with Gasteiger partial charge in [-0.25, -0.2) is 4.79 Å². The van der Waals surface area contributed by atoms with Crippen LogP contribution in [0.2, 0.25) is 0 Å². The number of hydrogen-bond donors (Lipinski definition) is 0. The minimum Gasteiger partial charge on any atom is -0.456 e. The number of esters is 1. The summed E-state index contributed by atoms with van der Waals surface area (Å²) in [5.41, 5.74) is 0.333. The van der Waals surface area contributed by atoms with E-state index in [1.165, 1.54) is 19.3 Å². The zero-order valence-electron chi connectivity index (χ0n) is 9.97. The molecule has 0 N–H and O–H groups in total. The first-order chi connectivity index (χ1) is 7.09. The summed E-state index contributed by atoms with van der Waals surface area (Å²) < 4.78 is 5.64. The number of rotatable bonds is 4. The van der Waals surface area contributed by atoms with Crippen molar-refractivity contribution >= 4 is 5.97 Å². The van der Waals surface area contributed by atoms with Crippen molar-refractivity contribution in [2.24, 2.45) is 0 Å². The summed E-state index contributed by atoms with van der Waals surface area (Å²) in [7, 11) is 0. The normalized spacial score (nSPS) is 19.6. The van der Waals surface area contributed by atoms with Crippen LogP contribution in [-0.2, 0) is 9.53 Å². The molecule has 0 aromatic rings. The van der Waals surface area contributed by atoms with Crippen LogP contribution < -0.4 is 0 Å².